The van der Waals surface area contributed by atoms with Crippen molar-refractivity contribution in [3.63, 3.8) is 0 Å². The van der Waals surface area contributed by atoms with Gasteiger partial charge in [0.15, 0.2) is 0 Å². The van der Waals surface area contributed by atoms with Crippen LogP contribution in [0.25, 0.3) is 0 Å². The van der Waals surface area contributed by atoms with E-state index in [1.165, 1.54) is 0 Å². The van der Waals surface area contributed by atoms with Crippen LogP contribution >= 0.6 is 11.6 Å². The quantitative estimate of drug-likeness (QED) is 0.562. The number of carbonyl (C=O) groups is 1. The fraction of sp³-hybridized carbons (Fsp3) is 0.357. The summed E-state index contributed by atoms with van der Waals surface area (Å²) in [5, 5.41) is 0.708. The Morgan fingerprint density at radius 2 is 2.11 bits per heavy atom. The van der Waals surface area contributed by atoms with E-state index in [-0.39, 0.29) is 12.5 Å². The maximum absolute atomic E-state index is 11.5. The third-order valence-electron chi connectivity index (χ3n) is 2.36. The number of rotatable bonds is 7. The summed E-state index contributed by atoms with van der Waals surface area (Å²) in [6.45, 7) is 7.47. The first kappa shape index (κ1) is 14.7. The Hall–Kier alpha value is -1.32. The van der Waals surface area contributed by atoms with Crippen molar-refractivity contribution in [3.05, 3.63) is 47.5 Å². The van der Waals surface area contributed by atoms with Crippen molar-refractivity contribution in [2.45, 2.75) is 13.5 Å². The first-order valence-electron chi connectivity index (χ1n) is 5.89. The number of esters is 1. The molecule has 1 aromatic rings. The van der Waals surface area contributed by atoms with Crippen molar-refractivity contribution >= 4 is 17.6 Å². The minimum Gasteiger partial charge on any atom is -0.465 e. The van der Waals surface area contributed by atoms with Gasteiger partial charge in [-0.15, -0.1) is 6.58 Å². The summed E-state index contributed by atoms with van der Waals surface area (Å²) in [5.74, 6) is -0.215. The van der Waals surface area contributed by atoms with Gasteiger partial charge >= 0.3 is 5.97 Å². The van der Waals surface area contributed by atoms with Crippen LogP contribution in [0.1, 0.15) is 12.5 Å². The number of benzene rings is 1. The molecule has 0 aliphatic carbocycles. The van der Waals surface area contributed by atoms with Crippen LogP contribution in [0.2, 0.25) is 5.02 Å². The number of halogens is 1. The van der Waals surface area contributed by atoms with E-state index < -0.39 is 0 Å². The van der Waals surface area contributed by atoms with Gasteiger partial charge in [0.2, 0.25) is 0 Å². The van der Waals surface area contributed by atoms with Gasteiger partial charge in [-0.1, -0.05) is 29.8 Å². The van der Waals surface area contributed by atoms with Gasteiger partial charge in [-0.25, -0.2) is 0 Å². The van der Waals surface area contributed by atoms with Gasteiger partial charge in [0, 0.05) is 18.1 Å². The Morgan fingerprint density at radius 1 is 1.44 bits per heavy atom. The topological polar surface area (TPSA) is 29.5 Å². The van der Waals surface area contributed by atoms with E-state index in [0.29, 0.717) is 24.7 Å². The van der Waals surface area contributed by atoms with Gasteiger partial charge in [-0.2, -0.15) is 0 Å². The number of hydrogen-bond donors (Lipinski definition) is 0. The van der Waals surface area contributed by atoms with Gasteiger partial charge in [-0.05, 0) is 24.6 Å². The van der Waals surface area contributed by atoms with Gasteiger partial charge in [-0.3, -0.25) is 9.69 Å². The first-order chi connectivity index (χ1) is 8.65. The molecule has 0 saturated carbocycles. The zero-order chi connectivity index (χ0) is 13.4. The predicted octanol–water partition coefficient (Wildman–Crippen LogP) is 2.89. The van der Waals surface area contributed by atoms with Gasteiger partial charge in [0.05, 0.1) is 13.2 Å². The zero-order valence-electron chi connectivity index (χ0n) is 10.6. The standard InChI is InChI=1S/C14H18ClNO2/c1-3-9-16(11-14(17)18-4-2)10-12-5-7-13(15)8-6-12/h3,5-8H,1,4,9-11H2,2H3. The van der Waals surface area contributed by atoms with E-state index in [0.717, 1.165) is 5.56 Å². The molecule has 0 bridgehead atoms. The summed E-state index contributed by atoms with van der Waals surface area (Å²) in [7, 11) is 0. The second kappa shape index (κ2) is 7.90. The highest BCUT2D eigenvalue weighted by Crippen LogP contribution is 2.11. The first-order valence-corrected chi connectivity index (χ1v) is 6.26. The Kier molecular flexibility index (Phi) is 6.47. The van der Waals surface area contributed by atoms with Crippen LogP contribution in [0.5, 0.6) is 0 Å². The SMILES string of the molecule is C=CCN(CC(=O)OCC)Cc1ccc(Cl)cc1. The van der Waals surface area contributed by atoms with E-state index in [2.05, 4.69) is 6.58 Å². The summed E-state index contributed by atoms with van der Waals surface area (Å²) in [4.78, 5) is 13.4. The number of ether oxygens (including phenoxy) is 1. The van der Waals surface area contributed by atoms with Crippen molar-refractivity contribution in [1.29, 1.82) is 0 Å². The Labute approximate surface area is 113 Å². The summed E-state index contributed by atoms with van der Waals surface area (Å²) in [6, 6.07) is 7.58. The van der Waals surface area contributed by atoms with Gasteiger partial charge in [0.25, 0.3) is 0 Å². The lowest BCUT2D eigenvalue weighted by molar-refractivity contribution is -0.144. The molecular weight excluding hydrogens is 250 g/mol. The van der Waals surface area contributed by atoms with Crippen LogP contribution in [0.3, 0.4) is 0 Å². The second-order valence-corrected chi connectivity index (χ2v) is 4.33. The molecule has 0 fully saturated rings. The minimum absolute atomic E-state index is 0.215. The highest BCUT2D eigenvalue weighted by atomic mass is 35.5. The summed E-state index contributed by atoms with van der Waals surface area (Å²) < 4.78 is 4.94. The van der Waals surface area contributed by atoms with Crippen molar-refractivity contribution in [2.75, 3.05) is 19.7 Å². The average Bonchev–Trinajstić information content (AvgIpc) is 2.32. The van der Waals surface area contributed by atoms with E-state index in [9.17, 15) is 4.79 Å². The molecule has 4 heteroatoms. The molecule has 0 unspecified atom stereocenters. The zero-order valence-corrected chi connectivity index (χ0v) is 11.3. The van der Waals surface area contributed by atoms with Crippen LogP contribution in [-0.2, 0) is 16.1 Å². The Bertz CT molecular complexity index is 389. The molecule has 0 saturated heterocycles. The Balaban J connectivity index is 2.59. The maximum atomic E-state index is 11.5. The van der Waals surface area contributed by atoms with E-state index >= 15 is 0 Å². The van der Waals surface area contributed by atoms with E-state index in [4.69, 9.17) is 16.3 Å². The van der Waals surface area contributed by atoms with Crippen LogP contribution in [-0.4, -0.2) is 30.6 Å². The molecule has 0 N–H and O–H groups in total. The van der Waals surface area contributed by atoms with Gasteiger partial charge in [0.1, 0.15) is 0 Å². The van der Waals surface area contributed by atoms with Crippen molar-refractivity contribution in [1.82, 2.24) is 4.90 Å². The van der Waals surface area contributed by atoms with Crippen molar-refractivity contribution in [3.8, 4) is 0 Å². The lowest BCUT2D eigenvalue weighted by atomic mass is 10.2. The molecule has 98 valence electrons. The van der Waals surface area contributed by atoms with Crippen molar-refractivity contribution in [2.24, 2.45) is 0 Å². The molecule has 18 heavy (non-hydrogen) atoms. The molecule has 0 radical (unpaired) electrons. The monoisotopic (exact) mass is 267 g/mol. The molecule has 1 aromatic carbocycles. The number of hydrogen-bond acceptors (Lipinski definition) is 3. The fourth-order valence-electron chi connectivity index (χ4n) is 1.60. The van der Waals surface area contributed by atoms with Crippen molar-refractivity contribution < 1.29 is 9.53 Å². The molecule has 0 aromatic heterocycles. The van der Waals surface area contributed by atoms with Crippen LogP contribution < -0.4 is 0 Å². The summed E-state index contributed by atoms with van der Waals surface area (Å²) in [6.07, 6.45) is 1.77. The lowest BCUT2D eigenvalue weighted by Gasteiger charge is -2.19. The predicted molar refractivity (Wildman–Crippen MR) is 73.6 cm³/mol. The van der Waals surface area contributed by atoms with Gasteiger partial charge < -0.3 is 4.74 Å². The highest BCUT2D eigenvalue weighted by Gasteiger charge is 2.10. The van der Waals surface area contributed by atoms with E-state index in [1.807, 2.05) is 29.2 Å². The fourth-order valence-corrected chi connectivity index (χ4v) is 1.73. The molecule has 0 amide bonds. The smallest absolute Gasteiger partial charge is 0.320 e. The summed E-state index contributed by atoms with van der Waals surface area (Å²) >= 11 is 5.83. The average molecular weight is 268 g/mol. The largest absolute Gasteiger partial charge is 0.465 e. The number of nitrogens with zero attached hydrogens (tertiary/aromatic N) is 1. The van der Waals surface area contributed by atoms with E-state index in [1.54, 1.807) is 13.0 Å². The second-order valence-electron chi connectivity index (χ2n) is 3.89. The minimum atomic E-state index is -0.215. The normalized spacial score (nSPS) is 10.4. The highest BCUT2D eigenvalue weighted by molar-refractivity contribution is 6.30. The summed E-state index contributed by atoms with van der Waals surface area (Å²) in [5.41, 5.74) is 1.10. The third kappa shape index (κ3) is 5.34. The lowest BCUT2D eigenvalue weighted by Crippen LogP contribution is -2.30. The van der Waals surface area contributed by atoms with Crippen LogP contribution in [0.15, 0.2) is 36.9 Å². The molecule has 1 rings (SSSR count). The molecule has 0 spiro atoms. The molecular formula is C14H18ClNO2. The molecule has 0 aliphatic rings. The third-order valence-corrected chi connectivity index (χ3v) is 2.62. The maximum Gasteiger partial charge on any atom is 0.320 e. The Morgan fingerprint density at radius 3 is 2.67 bits per heavy atom. The molecule has 3 nitrogen and oxygen atoms in total. The molecule has 0 atom stereocenters. The van der Waals surface area contributed by atoms with Crippen LogP contribution in [0, 0.1) is 0 Å². The number of carbonyl (C=O) groups excluding carboxylic acids is 1. The van der Waals surface area contributed by atoms with Crippen LogP contribution in [0.4, 0.5) is 0 Å². The molecule has 0 heterocycles. The molecule has 0 aliphatic heterocycles.